The van der Waals surface area contributed by atoms with Crippen LogP contribution in [-0.2, 0) is 0 Å². The number of hydrogen-bond acceptors (Lipinski definition) is 2. The zero-order chi connectivity index (χ0) is 36.5. The molecule has 10 rings (SSSR count). The lowest BCUT2D eigenvalue weighted by molar-refractivity contribution is 0.672. The summed E-state index contributed by atoms with van der Waals surface area (Å²) in [5, 5.41) is 7.90. The van der Waals surface area contributed by atoms with Crippen molar-refractivity contribution >= 4 is 71.3 Å². The molecule has 50 heavy (non-hydrogen) atoms. The van der Waals surface area contributed by atoms with E-state index in [1.54, 1.807) is 0 Å². The molecular weight excluding hydrogens is 607 g/mol. The summed E-state index contributed by atoms with van der Waals surface area (Å²) in [6, 6.07) is 54.1. The number of rotatable bonds is 5. The Balaban J connectivity index is 1.31. The van der Waals surface area contributed by atoms with Gasteiger partial charge >= 0.3 is 0 Å². The highest BCUT2D eigenvalue weighted by molar-refractivity contribution is 6.19. The maximum Gasteiger partial charge on any atom is 0.143 e. The second-order valence-corrected chi connectivity index (χ2v) is 12.6. The van der Waals surface area contributed by atoms with Crippen LogP contribution in [0.5, 0.6) is 0 Å². The van der Waals surface area contributed by atoms with Crippen LogP contribution < -0.4 is 4.90 Å². The average Bonchev–Trinajstić information content (AvgIpc) is 3.61. The molecule has 1 heterocycles. The van der Waals surface area contributed by atoms with Crippen LogP contribution in [0.25, 0.3) is 76.5 Å². The molecule has 0 atom stereocenters. The van der Waals surface area contributed by atoms with Gasteiger partial charge in [-0.2, -0.15) is 0 Å². The number of hydrogen-bond donors (Lipinski definition) is 0. The fourth-order valence-corrected chi connectivity index (χ4v) is 7.42. The lowest BCUT2D eigenvalue weighted by Gasteiger charge is -2.27. The Labute approximate surface area is 295 Å². The Morgan fingerprint density at radius 2 is 1.08 bits per heavy atom. The van der Waals surface area contributed by atoms with Crippen LogP contribution in [0.3, 0.4) is 0 Å². The number of fused-ring (bicyclic) bond motifs is 7. The molecule has 0 aliphatic heterocycles. The molecule has 0 amide bonds. The normalized spacial score (nSPS) is 12.7. The summed E-state index contributed by atoms with van der Waals surface area (Å²) in [6.07, 6.45) is 0. The van der Waals surface area contributed by atoms with Gasteiger partial charge in [0.1, 0.15) is 11.2 Å². The smallest absolute Gasteiger partial charge is 0.143 e. The van der Waals surface area contributed by atoms with Gasteiger partial charge in [0, 0.05) is 22.1 Å². The van der Waals surface area contributed by atoms with E-state index in [0.717, 1.165) is 59.8 Å². The second-order valence-electron chi connectivity index (χ2n) is 12.6. The molecule has 10 aromatic rings. The lowest BCUT2D eigenvalue weighted by atomic mass is 9.96. The van der Waals surface area contributed by atoms with Crippen molar-refractivity contribution in [2.45, 2.75) is 0 Å². The van der Waals surface area contributed by atoms with Crippen molar-refractivity contribution in [3.8, 4) is 22.3 Å². The Morgan fingerprint density at radius 3 is 1.84 bits per heavy atom. The standard InChI is InChI=1S/C48H31NO/c1-4-21-39-32(12-1)15-9-24-41(39)35-17-7-19-37(30-35)49(38-20-8-18-36(31-38)42-25-10-16-33-13-2-5-22-40(33)42)45-26-11-27-46-47(45)44-29-28-34-14-3-6-23-43(34)48(44)50-46/h1-31H/i7D,17D,19D,30D. The first-order chi connectivity index (χ1) is 26.5. The summed E-state index contributed by atoms with van der Waals surface area (Å²) < 4.78 is 44.5. The third-order valence-corrected chi connectivity index (χ3v) is 9.71. The van der Waals surface area contributed by atoms with E-state index in [9.17, 15) is 5.48 Å². The van der Waals surface area contributed by atoms with E-state index in [2.05, 4.69) is 66.7 Å². The van der Waals surface area contributed by atoms with E-state index in [-0.39, 0.29) is 29.9 Å². The first-order valence-electron chi connectivity index (χ1n) is 18.8. The van der Waals surface area contributed by atoms with Gasteiger partial charge in [0.25, 0.3) is 0 Å². The fourth-order valence-electron chi connectivity index (χ4n) is 7.42. The SMILES string of the molecule is [2H]c1c([2H])c(-c2cccc3ccccc23)c([2H])c(N(c2cccc(-c3cccc4ccccc34)c2)c2cccc3oc4c5ccccc5ccc4c23)c1[2H]. The maximum atomic E-state index is 9.95. The molecule has 0 spiro atoms. The van der Waals surface area contributed by atoms with Crippen molar-refractivity contribution in [2.24, 2.45) is 0 Å². The van der Waals surface area contributed by atoms with Gasteiger partial charge in [-0.15, -0.1) is 0 Å². The molecule has 0 fully saturated rings. The second kappa shape index (κ2) is 11.5. The summed E-state index contributed by atoms with van der Waals surface area (Å²) in [4.78, 5) is 1.93. The van der Waals surface area contributed by atoms with Gasteiger partial charge in [-0.3, -0.25) is 0 Å². The summed E-state index contributed by atoms with van der Waals surface area (Å²) in [6.45, 7) is 0. The molecule has 0 aliphatic carbocycles. The van der Waals surface area contributed by atoms with E-state index in [0.29, 0.717) is 28.1 Å². The molecule has 0 unspecified atom stereocenters. The third kappa shape index (κ3) is 4.57. The summed E-state index contributed by atoms with van der Waals surface area (Å²) in [5.74, 6) is 0. The first-order valence-corrected chi connectivity index (χ1v) is 16.8. The van der Waals surface area contributed by atoms with Gasteiger partial charge in [-0.05, 0) is 91.6 Å². The average molecular weight is 642 g/mol. The molecule has 0 saturated heterocycles. The van der Waals surface area contributed by atoms with Crippen LogP contribution in [0.4, 0.5) is 17.1 Å². The van der Waals surface area contributed by atoms with Crippen LogP contribution in [0, 0.1) is 0 Å². The number of benzene rings is 9. The zero-order valence-corrected chi connectivity index (χ0v) is 26.9. The summed E-state index contributed by atoms with van der Waals surface area (Å²) >= 11 is 0. The highest BCUT2D eigenvalue weighted by atomic mass is 16.3. The van der Waals surface area contributed by atoms with E-state index < -0.39 is 0 Å². The topological polar surface area (TPSA) is 16.4 Å². The van der Waals surface area contributed by atoms with Crippen LogP contribution in [0.15, 0.2) is 192 Å². The van der Waals surface area contributed by atoms with Crippen molar-refractivity contribution in [3.63, 3.8) is 0 Å². The van der Waals surface area contributed by atoms with E-state index in [1.807, 2.05) is 102 Å². The van der Waals surface area contributed by atoms with Crippen LogP contribution in [0.2, 0.25) is 0 Å². The van der Waals surface area contributed by atoms with Gasteiger partial charge in [-0.25, -0.2) is 0 Å². The number of nitrogens with zero attached hydrogens (tertiary/aromatic N) is 1. The number of anilines is 3. The van der Waals surface area contributed by atoms with Crippen molar-refractivity contribution in [2.75, 3.05) is 4.90 Å². The minimum absolute atomic E-state index is 0.00294. The molecule has 9 aromatic carbocycles. The van der Waals surface area contributed by atoms with E-state index in [4.69, 9.17) is 4.42 Å². The molecule has 0 N–H and O–H groups in total. The minimum atomic E-state index is -0.241. The quantitative estimate of drug-likeness (QED) is 0.186. The molecule has 2 heteroatoms. The van der Waals surface area contributed by atoms with Gasteiger partial charge in [0.2, 0.25) is 0 Å². The number of furan rings is 1. The highest BCUT2D eigenvalue weighted by Crippen LogP contribution is 2.46. The van der Waals surface area contributed by atoms with Crippen molar-refractivity contribution in [3.05, 3.63) is 188 Å². The molecule has 2 nitrogen and oxygen atoms in total. The Morgan fingerprint density at radius 1 is 0.460 bits per heavy atom. The Kier molecular flexibility index (Phi) is 5.64. The van der Waals surface area contributed by atoms with Gasteiger partial charge in [-0.1, -0.05) is 146 Å². The highest BCUT2D eigenvalue weighted by Gasteiger charge is 2.21. The predicted molar refractivity (Wildman–Crippen MR) is 212 cm³/mol. The molecule has 0 aliphatic rings. The van der Waals surface area contributed by atoms with Crippen molar-refractivity contribution in [1.82, 2.24) is 0 Å². The molecule has 0 radical (unpaired) electrons. The summed E-state index contributed by atoms with van der Waals surface area (Å²) in [5.41, 5.74) is 6.10. The van der Waals surface area contributed by atoms with Crippen LogP contribution >= 0.6 is 0 Å². The molecule has 0 saturated carbocycles. The van der Waals surface area contributed by atoms with Crippen molar-refractivity contribution in [1.29, 1.82) is 0 Å². The minimum Gasteiger partial charge on any atom is -0.455 e. The maximum absolute atomic E-state index is 9.95. The molecule has 1 aromatic heterocycles. The van der Waals surface area contributed by atoms with Crippen molar-refractivity contribution < 1.29 is 9.90 Å². The largest absolute Gasteiger partial charge is 0.455 e. The fraction of sp³-hybridized carbons (Fsp3) is 0. The van der Waals surface area contributed by atoms with Gasteiger partial charge < -0.3 is 9.32 Å². The molecule has 234 valence electrons. The monoisotopic (exact) mass is 641 g/mol. The Bertz CT molecular complexity index is 3120. The van der Waals surface area contributed by atoms with Crippen LogP contribution in [0.1, 0.15) is 5.48 Å². The first kappa shape index (κ1) is 24.5. The predicted octanol–water partition coefficient (Wildman–Crippen LogP) is 13.8. The lowest BCUT2D eigenvalue weighted by Crippen LogP contribution is -2.10. The van der Waals surface area contributed by atoms with Gasteiger partial charge in [0.15, 0.2) is 0 Å². The molecule has 0 bridgehead atoms. The van der Waals surface area contributed by atoms with Crippen LogP contribution in [-0.4, -0.2) is 0 Å². The van der Waals surface area contributed by atoms with Gasteiger partial charge in [0.05, 0.1) is 16.6 Å². The van der Waals surface area contributed by atoms with E-state index in [1.165, 1.54) is 0 Å². The third-order valence-electron chi connectivity index (χ3n) is 9.71. The molecular formula is C48H31NO. The van der Waals surface area contributed by atoms with E-state index >= 15 is 0 Å². The Hall–Kier alpha value is -6.64. The zero-order valence-electron chi connectivity index (χ0n) is 30.9. The summed E-state index contributed by atoms with van der Waals surface area (Å²) in [7, 11) is 0.